The van der Waals surface area contributed by atoms with Crippen LogP contribution in [0.3, 0.4) is 0 Å². The second-order valence-corrected chi connectivity index (χ2v) is 7.04. The van der Waals surface area contributed by atoms with Crippen molar-refractivity contribution in [2.24, 2.45) is 5.92 Å². The Morgan fingerprint density at radius 2 is 2.29 bits per heavy atom. The summed E-state index contributed by atoms with van der Waals surface area (Å²) in [5, 5.41) is 1.44. The van der Waals surface area contributed by atoms with Gasteiger partial charge in [-0.1, -0.05) is 13.8 Å². The Morgan fingerprint density at radius 3 is 3.00 bits per heavy atom. The van der Waals surface area contributed by atoms with Gasteiger partial charge in [0.1, 0.15) is 10.6 Å². The normalized spacial score (nSPS) is 23.0. The van der Waals surface area contributed by atoms with Gasteiger partial charge in [-0.3, -0.25) is 0 Å². The molecule has 6 heteroatoms. The van der Waals surface area contributed by atoms with Crippen molar-refractivity contribution in [3.05, 3.63) is 16.2 Å². The number of hydrogen-bond acceptors (Lipinski definition) is 5. The summed E-state index contributed by atoms with van der Waals surface area (Å²) in [6, 6.07) is 2.20. The fraction of sp³-hybridized carbons (Fsp3) is 0.600. The minimum absolute atomic E-state index is 0.242. The molecule has 0 N–H and O–H groups in total. The topological polar surface area (TPSA) is 38.2 Å². The Labute approximate surface area is 134 Å². The van der Waals surface area contributed by atoms with Gasteiger partial charge in [-0.25, -0.2) is 4.98 Å². The lowest BCUT2D eigenvalue weighted by Crippen LogP contribution is -2.44. The molecule has 4 nitrogen and oxygen atoms in total. The highest BCUT2D eigenvalue weighted by atomic mass is 35.5. The van der Waals surface area contributed by atoms with E-state index in [1.165, 1.54) is 4.88 Å². The van der Waals surface area contributed by atoms with Gasteiger partial charge in [0.2, 0.25) is 5.28 Å². The predicted octanol–water partition coefficient (Wildman–Crippen LogP) is 3.77. The number of fused-ring (bicyclic) bond motifs is 1. The number of anilines is 1. The molecule has 1 fully saturated rings. The number of nitrogens with zero attached hydrogens (tertiary/aromatic N) is 3. The van der Waals surface area contributed by atoms with Crippen LogP contribution in [-0.2, 0) is 11.2 Å². The zero-order chi connectivity index (χ0) is 15.0. The van der Waals surface area contributed by atoms with Gasteiger partial charge in [0, 0.05) is 25.1 Å². The van der Waals surface area contributed by atoms with E-state index in [2.05, 4.69) is 34.8 Å². The highest BCUT2D eigenvalue weighted by molar-refractivity contribution is 7.18. The molecule has 21 heavy (non-hydrogen) atoms. The highest BCUT2D eigenvalue weighted by Crippen LogP contribution is 2.34. The van der Waals surface area contributed by atoms with Crippen molar-refractivity contribution in [1.82, 2.24) is 9.97 Å². The number of methoxy groups -OCH3 is 1. The number of rotatable bonds is 3. The molecular formula is C15H20ClN3OS. The van der Waals surface area contributed by atoms with Gasteiger partial charge in [0.15, 0.2) is 0 Å². The van der Waals surface area contributed by atoms with E-state index in [9.17, 15) is 0 Å². The minimum atomic E-state index is 0.242. The molecule has 2 unspecified atom stereocenters. The van der Waals surface area contributed by atoms with Gasteiger partial charge in [0.25, 0.3) is 0 Å². The van der Waals surface area contributed by atoms with Crippen LogP contribution in [0.2, 0.25) is 5.28 Å². The lowest BCUT2D eigenvalue weighted by Gasteiger charge is -2.37. The third-order valence-corrected chi connectivity index (χ3v) is 5.58. The highest BCUT2D eigenvalue weighted by Gasteiger charge is 2.28. The molecule has 0 spiro atoms. The van der Waals surface area contributed by atoms with Gasteiger partial charge < -0.3 is 9.64 Å². The molecule has 1 saturated heterocycles. The Hall–Kier alpha value is -0.910. The van der Waals surface area contributed by atoms with E-state index in [0.717, 1.165) is 42.0 Å². The van der Waals surface area contributed by atoms with Crippen molar-refractivity contribution in [1.29, 1.82) is 0 Å². The fourth-order valence-corrected chi connectivity index (χ4v) is 4.06. The van der Waals surface area contributed by atoms with Crippen LogP contribution in [0.25, 0.3) is 10.2 Å². The molecule has 0 aliphatic carbocycles. The number of ether oxygens (including phenoxy) is 1. The SMILES string of the molecule is CCc1cc2c(N3CCC(C)C(OC)C3)nc(Cl)nc2s1. The van der Waals surface area contributed by atoms with Crippen molar-refractivity contribution < 1.29 is 4.74 Å². The maximum atomic E-state index is 6.12. The molecule has 114 valence electrons. The number of aromatic nitrogens is 2. The first-order chi connectivity index (χ1) is 10.1. The largest absolute Gasteiger partial charge is 0.379 e. The van der Waals surface area contributed by atoms with Crippen molar-refractivity contribution in [3.63, 3.8) is 0 Å². The monoisotopic (exact) mass is 325 g/mol. The smallest absolute Gasteiger partial charge is 0.225 e. The van der Waals surface area contributed by atoms with Crippen molar-refractivity contribution in [2.45, 2.75) is 32.8 Å². The van der Waals surface area contributed by atoms with E-state index in [-0.39, 0.29) is 6.10 Å². The van der Waals surface area contributed by atoms with E-state index in [4.69, 9.17) is 16.3 Å². The van der Waals surface area contributed by atoms with Gasteiger partial charge in [0.05, 0.1) is 11.5 Å². The number of halogens is 1. The van der Waals surface area contributed by atoms with E-state index in [1.54, 1.807) is 18.4 Å². The molecule has 2 aromatic heterocycles. The lowest BCUT2D eigenvalue weighted by atomic mass is 9.96. The number of hydrogen-bond donors (Lipinski definition) is 0. The Kier molecular flexibility index (Phi) is 4.33. The van der Waals surface area contributed by atoms with E-state index in [1.807, 2.05) is 0 Å². The molecule has 0 bridgehead atoms. The van der Waals surface area contributed by atoms with Crippen molar-refractivity contribution in [3.8, 4) is 0 Å². The summed E-state index contributed by atoms with van der Waals surface area (Å²) in [7, 11) is 1.78. The van der Waals surface area contributed by atoms with E-state index in [0.29, 0.717) is 11.2 Å². The van der Waals surface area contributed by atoms with Gasteiger partial charge in [-0.15, -0.1) is 11.3 Å². The van der Waals surface area contributed by atoms with E-state index >= 15 is 0 Å². The zero-order valence-electron chi connectivity index (χ0n) is 12.6. The summed E-state index contributed by atoms with van der Waals surface area (Å²) in [5.74, 6) is 1.53. The maximum Gasteiger partial charge on any atom is 0.225 e. The van der Waals surface area contributed by atoms with Crippen LogP contribution in [0.5, 0.6) is 0 Å². The first-order valence-electron chi connectivity index (χ1n) is 7.36. The number of aryl methyl sites for hydroxylation is 1. The standard InChI is InChI=1S/C15H20ClN3OS/c1-4-10-7-11-13(17-15(16)18-14(11)21-10)19-6-5-9(2)12(8-19)20-3/h7,9,12H,4-6,8H2,1-3H3. The summed E-state index contributed by atoms with van der Waals surface area (Å²) < 4.78 is 5.61. The first kappa shape index (κ1) is 15.0. The third kappa shape index (κ3) is 2.87. The molecule has 2 atom stereocenters. The van der Waals surface area contributed by atoms with Gasteiger partial charge in [-0.2, -0.15) is 4.98 Å². The van der Waals surface area contributed by atoms with Crippen LogP contribution in [0, 0.1) is 5.92 Å². The summed E-state index contributed by atoms with van der Waals surface area (Å²) in [6.07, 6.45) is 2.36. The van der Waals surface area contributed by atoms with Gasteiger partial charge in [-0.05, 0) is 36.4 Å². The van der Waals surface area contributed by atoms with Crippen LogP contribution < -0.4 is 4.90 Å². The van der Waals surface area contributed by atoms with Crippen LogP contribution in [0.4, 0.5) is 5.82 Å². The molecule has 0 aromatic carbocycles. The molecule has 0 radical (unpaired) electrons. The summed E-state index contributed by atoms with van der Waals surface area (Å²) in [6.45, 7) is 6.25. The average molecular weight is 326 g/mol. The van der Waals surface area contributed by atoms with Crippen LogP contribution >= 0.6 is 22.9 Å². The Balaban J connectivity index is 2.01. The Bertz CT molecular complexity index is 645. The summed E-state index contributed by atoms with van der Waals surface area (Å²) in [4.78, 5) is 13.5. The number of thiophene rings is 1. The maximum absolute atomic E-state index is 6.12. The first-order valence-corrected chi connectivity index (χ1v) is 8.55. The fourth-order valence-electron chi connectivity index (χ4n) is 2.88. The molecule has 3 heterocycles. The quantitative estimate of drug-likeness (QED) is 0.805. The number of piperidine rings is 1. The van der Waals surface area contributed by atoms with Crippen molar-refractivity contribution in [2.75, 3.05) is 25.1 Å². The second-order valence-electron chi connectivity index (χ2n) is 5.59. The minimum Gasteiger partial charge on any atom is -0.379 e. The van der Waals surface area contributed by atoms with Crippen LogP contribution in [0.1, 0.15) is 25.1 Å². The average Bonchev–Trinajstić information content (AvgIpc) is 2.89. The molecule has 0 amide bonds. The molecule has 0 saturated carbocycles. The Morgan fingerprint density at radius 1 is 1.48 bits per heavy atom. The predicted molar refractivity (Wildman–Crippen MR) is 88.6 cm³/mol. The molecular weight excluding hydrogens is 306 g/mol. The zero-order valence-corrected chi connectivity index (χ0v) is 14.2. The van der Waals surface area contributed by atoms with Gasteiger partial charge >= 0.3 is 0 Å². The summed E-state index contributed by atoms with van der Waals surface area (Å²) in [5.41, 5.74) is 0. The van der Waals surface area contributed by atoms with Crippen LogP contribution in [0.15, 0.2) is 6.07 Å². The molecule has 1 aliphatic rings. The molecule has 3 rings (SSSR count). The summed E-state index contributed by atoms with van der Waals surface area (Å²) >= 11 is 7.82. The van der Waals surface area contributed by atoms with E-state index < -0.39 is 0 Å². The lowest BCUT2D eigenvalue weighted by molar-refractivity contribution is 0.0497. The molecule has 1 aliphatic heterocycles. The van der Waals surface area contributed by atoms with Crippen molar-refractivity contribution >= 4 is 39.0 Å². The second kappa shape index (κ2) is 6.07. The third-order valence-electron chi connectivity index (χ3n) is 4.24. The van der Waals surface area contributed by atoms with Crippen LogP contribution in [-0.4, -0.2) is 36.3 Å². The molecule has 2 aromatic rings.